The first kappa shape index (κ1) is 16.1. The van der Waals surface area contributed by atoms with Crippen LogP contribution in [-0.2, 0) is 0 Å². The van der Waals surface area contributed by atoms with Crippen LogP contribution >= 0.6 is 0 Å². The van der Waals surface area contributed by atoms with Gasteiger partial charge in [0.05, 0.1) is 0 Å². The number of likely N-dealkylation sites (tertiary alicyclic amines) is 1. The summed E-state index contributed by atoms with van der Waals surface area (Å²) < 4.78 is 0. The molecule has 1 aromatic rings. The molecule has 21 heavy (non-hydrogen) atoms. The van der Waals surface area contributed by atoms with Gasteiger partial charge in [0, 0.05) is 23.7 Å². The molecule has 118 valence electrons. The maximum absolute atomic E-state index is 9.85. The summed E-state index contributed by atoms with van der Waals surface area (Å²) >= 11 is 0. The highest BCUT2D eigenvalue weighted by Crippen LogP contribution is 2.27. The van der Waals surface area contributed by atoms with Gasteiger partial charge in [-0.05, 0) is 58.8 Å². The van der Waals surface area contributed by atoms with Gasteiger partial charge >= 0.3 is 0 Å². The lowest BCUT2D eigenvalue weighted by Gasteiger charge is -2.33. The molecule has 1 saturated heterocycles. The molecule has 4 nitrogen and oxygen atoms in total. The Bertz CT molecular complexity index is 450. The number of phenols is 2. The monoisotopic (exact) mass is 292 g/mol. The fourth-order valence-corrected chi connectivity index (χ4v) is 3.10. The summed E-state index contributed by atoms with van der Waals surface area (Å²) in [7, 11) is 0. The molecule has 0 aliphatic carbocycles. The number of nitrogens with zero attached hydrogens (tertiary/aromatic N) is 1. The van der Waals surface area contributed by atoms with Crippen molar-refractivity contribution in [3.8, 4) is 11.5 Å². The number of benzene rings is 1. The highest BCUT2D eigenvalue weighted by Gasteiger charge is 2.17. The van der Waals surface area contributed by atoms with E-state index in [1.54, 1.807) is 12.1 Å². The Morgan fingerprint density at radius 1 is 1.33 bits per heavy atom. The Labute approximate surface area is 127 Å². The molecular weight excluding hydrogens is 264 g/mol. The normalized spacial score (nSPS) is 21.3. The average Bonchev–Trinajstić information content (AvgIpc) is 2.45. The van der Waals surface area contributed by atoms with Crippen molar-refractivity contribution in [2.45, 2.75) is 51.6 Å². The van der Waals surface area contributed by atoms with Crippen LogP contribution in [0.4, 0.5) is 0 Å². The molecule has 4 heteroatoms. The SMILES string of the molecule is CC(NCCCN1CCCCC1C)c1ccc(O)cc1O. The minimum Gasteiger partial charge on any atom is -0.508 e. The smallest absolute Gasteiger partial charge is 0.124 e. The molecule has 0 aromatic heterocycles. The minimum absolute atomic E-state index is 0.0874. The Morgan fingerprint density at radius 3 is 2.86 bits per heavy atom. The van der Waals surface area contributed by atoms with Crippen LogP contribution in [0.25, 0.3) is 0 Å². The van der Waals surface area contributed by atoms with E-state index in [0.29, 0.717) is 0 Å². The lowest BCUT2D eigenvalue weighted by Crippen LogP contribution is -2.39. The third-order valence-electron chi connectivity index (χ3n) is 4.49. The van der Waals surface area contributed by atoms with Crippen molar-refractivity contribution in [3.63, 3.8) is 0 Å². The van der Waals surface area contributed by atoms with Gasteiger partial charge in [-0.3, -0.25) is 0 Å². The van der Waals surface area contributed by atoms with E-state index in [1.807, 2.05) is 6.92 Å². The summed E-state index contributed by atoms with van der Waals surface area (Å²) in [5.41, 5.74) is 0.833. The van der Waals surface area contributed by atoms with Crippen LogP contribution < -0.4 is 5.32 Å². The summed E-state index contributed by atoms with van der Waals surface area (Å²) in [6.45, 7) is 7.67. The number of hydrogen-bond acceptors (Lipinski definition) is 4. The molecule has 0 amide bonds. The van der Waals surface area contributed by atoms with Crippen molar-refractivity contribution in [3.05, 3.63) is 23.8 Å². The summed E-state index contributed by atoms with van der Waals surface area (Å²) in [5.74, 6) is 0.252. The maximum atomic E-state index is 9.85. The molecular formula is C17H28N2O2. The number of piperidine rings is 1. The Balaban J connectivity index is 1.72. The molecule has 0 saturated carbocycles. The topological polar surface area (TPSA) is 55.7 Å². The lowest BCUT2D eigenvalue weighted by molar-refractivity contribution is 0.158. The highest BCUT2D eigenvalue weighted by atomic mass is 16.3. The predicted octanol–water partition coefficient (Wildman–Crippen LogP) is 3.01. The van der Waals surface area contributed by atoms with Gasteiger partial charge in [-0.1, -0.05) is 12.5 Å². The van der Waals surface area contributed by atoms with Crippen molar-refractivity contribution >= 4 is 0 Å². The molecule has 1 heterocycles. The van der Waals surface area contributed by atoms with E-state index in [9.17, 15) is 10.2 Å². The summed E-state index contributed by atoms with van der Waals surface area (Å²) in [6.07, 6.45) is 5.14. The summed E-state index contributed by atoms with van der Waals surface area (Å²) in [4.78, 5) is 2.58. The van der Waals surface area contributed by atoms with E-state index < -0.39 is 0 Å². The first-order valence-electron chi connectivity index (χ1n) is 8.07. The predicted molar refractivity (Wildman–Crippen MR) is 85.7 cm³/mol. The zero-order chi connectivity index (χ0) is 15.2. The number of hydrogen-bond donors (Lipinski definition) is 3. The molecule has 0 spiro atoms. The fourth-order valence-electron chi connectivity index (χ4n) is 3.10. The Kier molecular flexibility index (Phi) is 5.88. The van der Waals surface area contributed by atoms with Crippen LogP contribution in [0.15, 0.2) is 18.2 Å². The van der Waals surface area contributed by atoms with E-state index in [1.165, 1.54) is 31.9 Å². The van der Waals surface area contributed by atoms with Gasteiger partial charge in [0.2, 0.25) is 0 Å². The van der Waals surface area contributed by atoms with Crippen molar-refractivity contribution < 1.29 is 10.2 Å². The molecule has 2 atom stereocenters. The second kappa shape index (κ2) is 7.66. The quantitative estimate of drug-likeness (QED) is 0.706. The number of rotatable bonds is 6. The molecule has 1 aliphatic rings. The van der Waals surface area contributed by atoms with Gasteiger partial charge in [0.15, 0.2) is 0 Å². The minimum atomic E-state index is 0.0874. The van der Waals surface area contributed by atoms with Crippen molar-refractivity contribution in [1.29, 1.82) is 0 Å². The first-order valence-corrected chi connectivity index (χ1v) is 8.07. The molecule has 0 bridgehead atoms. The van der Waals surface area contributed by atoms with Gasteiger partial charge in [-0.2, -0.15) is 0 Å². The molecule has 1 fully saturated rings. The summed E-state index contributed by atoms with van der Waals surface area (Å²) in [6, 6.07) is 5.59. The van der Waals surface area contributed by atoms with Gasteiger partial charge in [0.1, 0.15) is 11.5 Å². The second-order valence-corrected chi connectivity index (χ2v) is 6.15. The van der Waals surface area contributed by atoms with Gasteiger partial charge in [0.25, 0.3) is 0 Å². The zero-order valence-electron chi connectivity index (χ0n) is 13.2. The van der Waals surface area contributed by atoms with E-state index >= 15 is 0 Å². The van der Waals surface area contributed by atoms with Crippen molar-refractivity contribution in [1.82, 2.24) is 10.2 Å². The molecule has 3 N–H and O–H groups in total. The van der Waals surface area contributed by atoms with Gasteiger partial charge in [-0.25, -0.2) is 0 Å². The molecule has 2 unspecified atom stereocenters. The Hall–Kier alpha value is -1.26. The van der Waals surface area contributed by atoms with Crippen LogP contribution in [0, 0.1) is 0 Å². The fraction of sp³-hybridized carbons (Fsp3) is 0.647. The molecule has 1 aliphatic heterocycles. The average molecular weight is 292 g/mol. The number of nitrogens with one attached hydrogen (secondary N) is 1. The second-order valence-electron chi connectivity index (χ2n) is 6.15. The Morgan fingerprint density at radius 2 is 2.14 bits per heavy atom. The highest BCUT2D eigenvalue weighted by molar-refractivity contribution is 5.40. The van der Waals surface area contributed by atoms with E-state index in [0.717, 1.165) is 31.1 Å². The third kappa shape index (κ3) is 4.61. The number of aromatic hydroxyl groups is 2. The van der Waals surface area contributed by atoms with E-state index in [-0.39, 0.29) is 17.5 Å². The zero-order valence-corrected chi connectivity index (χ0v) is 13.2. The van der Waals surface area contributed by atoms with E-state index in [4.69, 9.17) is 0 Å². The largest absolute Gasteiger partial charge is 0.508 e. The third-order valence-corrected chi connectivity index (χ3v) is 4.49. The molecule has 0 radical (unpaired) electrons. The van der Waals surface area contributed by atoms with Crippen LogP contribution in [0.1, 0.15) is 51.1 Å². The van der Waals surface area contributed by atoms with E-state index in [2.05, 4.69) is 17.1 Å². The number of phenolic OH excluding ortho intramolecular Hbond substituents is 2. The van der Waals surface area contributed by atoms with Crippen LogP contribution in [0.3, 0.4) is 0 Å². The standard InChI is InChI=1S/C17H28N2O2/c1-13-6-3-4-10-19(13)11-5-9-18-14(2)16-8-7-15(20)12-17(16)21/h7-8,12-14,18,20-21H,3-6,9-11H2,1-2H3. The van der Waals surface area contributed by atoms with Crippen LogP contribution in [0.5, 0.6) is 11.5 Å². The van der Waals surface area contributed by atoms with Gasteiger partial charge in [-0.15, -0.1) is 0 Å². The van der Waals surface area contributed by atoms with Gasteiger partial charge < -0.3 is 20.4 Å². The van der Waals surface area contributed by atoms with Crippen LogP contribution in [0.2, 0.25) is 0 Å². The maximum Gasteiger partial charge on any atom is 0.124 e. The van der Waals surface area contributed by atoms with Crippen LogP contribution in [-0.4, -0.2) is 40.8 Å². The molecule has 1 aromatic carbocycles. The summed E-state index contributed by atoms with van der Waals surface area (Å²) in [5, 5.41) is 22.6. The van der Waals surface area contributed by atoms with Crippen molar-refractivity contribution in [2.75, 3.05) is 19.6 Å². The molecule has 2 rings (SSSR count). The first-order chi connectivity index (χ1) is 10.1. The van der Waals surface area contributed by atoms with Crippen molar-refractivity contribution in [2.24, 2.45) is 0 Å². The lowest BCUT2D eigenvalue weighted by atomic mass is 10.0.